The number of nitrogens with zero attached hydrogens (tertiary/aromatic N) is 2. The molecule has 2 aromatic carbocycles. The first kappa shape index (κ1) is 20.6. The Balaban J connectivity index is 1.37. The van der Waals surface area contributed by atoms with Crippen LogP contribution in [-0.4, -0.2) is 35.0 Å². The third-order valence-electron chi connectivity index (χ3n) is 5.48. The van der Waals surface area contributed by atoms with Gasteiger partial charge in [-0.15, -0.1) is 0 Å². The number of rotatable bonds is 5. The molecule has 1 atom stereocenters. The predicted molar refractivity (Wildman–Crippen MR) is 117 cm³/mol. The van der Waals surface area contributed by atoms with Gasteiger partial charge in [0, 0.05) is 25.2 Å². The molecule has 6 heteroatoms. The summed E-state index contributed by atoms with van der Waals surface area (Å²) in [6.07, 6.45) is 2.55. The molecule has 0 saturated carbocycles. The van der Waals surface area contributed by atoms with Crippen molar-refractivity contribution < 1.29 is 14.3 Å². The van der Waals surface area contributed by atoms with E-state index in [9.17, 15) is 9.59 Å². The summed E-state index contributed by atoms with van der Waals surface area (Å²) in [6.45, 7) is 0.979. The van der Waals surface area contributed by atoms with E-state index in [1.165, 1.54) is 0 Å². The lowest BCUT2D eigenvalue weighted by molar-refractivity contribution is -0.126. The van der Waals surface area contributed by atoms with E-state index in [1.807, 2.05) is 66.7 Å². The Labute approximate surface area is 181 Å². The zero-order valence-corrected chi connectivity index (χ0v) is 17.2. The third kappa shape index (κ3) is 5.28. The van der Waals surface area contributed by atoms with Crippen LogP contribution in [0, 0.1) is 5.92 Å². The molecule has 31 heavy (non-hydrogen) atoms. The van der Waals surface area contributed by atoms with Gasteiger partial charge in [-0.1, -0.05) is 54.6 Å². The van der Waals surface area contributed by atoms with Gasteiger partial charge in [-0.25, -0.2) is 4.79 Å². The highest BCUT2D eigenvalue weighted by Gasteiger charge is 2.30. The Bertz CT molecular complexity index is 949. The van der Waals surface area contributed by atoms with E-state index in [0.29, 0.717) is 31.7 Å². The van der Waals surface area contributed by atoms with E-state index in [-0.39, 0.29) is 24.0 Å². The molecule has 3 aromatic rings. The van der Waals surface area contributed by atoms with Crippen LogP contribution in [0.15, 0.2) is 85.1 Å². The summed E-state index contributed by atoms with van der Waals surface area (Å²) >= 11 is 0. The van der Waals surface area contributed by atoms with Crippen molar-refractivity contribution in [1.29, 1.82) is 0 Å². The molecule has 0 aliphatic carbocycles. The van der Waals surface area contributed by atoms with Gasteiger partial charge in [0.2, 0.25) is 5.91 Å². The lowest BCUT2D eigenvalue weighted by Crippen LogP contribution is -2.44. The lowest BCUT2D eigenvalue weighted by atomic mass is 9.94. The number of ether oxygens (including phenoxy) is 1. The van der Waals surface area contributed by atoms with Crippen LogP contribution < -0.4 is 10.1 Å². The molecular weight excluding hydrogens is 390 g/mol. The van der Waals surface area contributed by atoms with Crippen molar-refractivity contribution in [2.45, 2.75) is 18.9 Å². The van der Waals surface area contributed by atoms with Crippen molar-refractivity contribution in [2.24, 2.45) is 5.92 Å². The smallest absolute Gasteiger partial charge is 0.410 e. The highest BCUT2D eigenvalue weighted by molar-refractivity contribution is 5.80. The monoisotopic (exact) mass is 415 g/mol. The van der Waals surface area contributed by atoms with E-state index < -0.39 is 0 Å². The van der Waals surface area contributed by atoms with Crippen LogP contribution in [0.5, 0.6) is 5.75 Å². The molecular formula is C25H25N3O3. The molecule has 1 aliphatic heterocycles. The van der Waals surface area contributed by atoms with E-state index in [4.69, 9.17) is 4.74 Å². The molecule has 1 saturated heterocycles. The molecule has 0 bridgehead atoms. The third-order valence-corrected chi connectivity index (χ3v) is 5.48. The zero-order chi connectivity index (χ0) is 21.5. The maximum atomic E-state index is 13.0. The molecule has 4 rings (SSSR count). The number of carbonyl (C=O) groups excluding carboxylic acids is 2. The number of benzene rings is 2. The quantitative estimate of drug-likeness (QED) is 0.678. The van der Waals surface area contributed by atoms with Crippen molar-refractivity contribution in [3.63, 3.8) is 0 Å². The molecule has 0 radical (unpaired) electrons. The van der Waals surface area contributed by atoms with Crippen LogP contribution >= 0.6 is 0 Å². The Morgan fingerprint density at radius 3 is 2.19 bits per heavy atom. The van der Waals surface area contributed by atoms with Crippen LogP contribution in [-0.2, 0) is 4.79 Å². The van der Waals surface area contributed by atoms with Gasteiger partial charge in [0.05, 0.1) is 11.7 Å². The maximum absolute atomic E-state index is 13.0. The van der Waals surface area contributed by atoms with Crippen molar-refractivity contribution in [3.8, 4) is 5.75 Å². The highest BCUT2D eigenvalue weighted by atomic mass is 16.6. The Morgan fingerprint density at radius 1 is 0.903 bits per heavy atom. The normalized spacial score (nSPS) is 15.2. The molecule has 2 heterocycles. The molecule has 1 fully saturated rings. The number of nitrogens with one attached hydrogen (secondary N) is 1. The number of piperidine rings is 1. The van der Waals surface area contributed by atoms with Gasteiger partial charge in [0.15, 0.2) is 0 Å². The van der Waals surface area contributed by atoms with Gasteiger partial charge in [-0.3, -0.25) is 9.78 Å². The fourth-order valence-corrected chi connectivity index (χ4v) is 3.76. The first-order chi connectivity index (χ1) is 15.2. The number of hydrogen-bond acceptors (Lipinski definition) is 4. The Hall–Kier alpha value is -3.67. The molecule has 6 nitrogen and oxygen atoms in total. The number of para-hydroxylation sites is 1. The van der Waals surface area contributed by atoms with E-state index in [1.54, 1.807) is 23.2 Å². The van der Waals surface area contributed by atoms with E-state index >= 15 is 0 Å². The largest absolute Gasteiger partial charge is 0.415 e. The second kappa shape index (κ2) is 9.89. The summed E-state index contributed by atoms with van der Waals surface area (Å²) in [5.74, 6) is 0.347. The summed E-state index contributed by atoms with van der Waals surface area (Å²) in [5, 5.41) is 3.17. The number of hydrogen-bond donors (Lipinski definition) is 1. The van der Waals surface area contributed by atoms with Crippen LogP contribution in [0.1, 0.15) is 30.1 Å². The minimum absolute atomic E-state index is 0.0180. The van der Waals surface area contributed by atoms with Gasteiger partial charge in [-0.2, -0.15) is 0 Å². The Kier molecular flexibility index (Phi) is 6.57. The van der Waals surface area contributed by atoms with Gasteiger partial charge in [0.1, 0.15) is 5.75 Å². The van der Waals surface area contributed by atoms with Crippen molar-refractivity contribution in [1.82, 2.24) is 15.2 Å². The first-order valence-electron chi connectivity index (χ1n) is 10.5. The maximum Gasteiger partial charge on any atom is 0.415 e. The van der Waals surface area contributed by atoms with E-state index in [2.05, 4.69) is 10.3 Å². The minimum atomic E-state index is -0.374. The van der Waals surface area contributed by atoms with Gasteiger partial charge >= 0.3 is 6.09 Å². The average molecular weight is 415 g/mol. The van der Waals surface area contributed by atoms with E-state index in [0.717, 1.165) is 11.3 Å². The van der Waals surface area contributed by atoms with Crippen molar-refractivity contribution in [2.75, 3.05) is 13.1 Å². The van der Waals surface area contributed by atoms with Crippen LogP contribution in [0.4, 0.5) is 4.79 Å². The number of likely N-dealkylation sites (tertiary alicyclic amines) is 1. The lowest BCUT2D eigenvalue weighted by Gasteiger charge is -2.31. The summed E-state index contributed by atoms with van der Waals surface area (Å²) in [4.78, 5) is 31.5. The molecule has 0 spiro atoms. The minimum Gasteiger partial charge on any atom is -0.410 e. The summed E-state index contributed by atoms with van der Waals surface area (Å²) in [5.41, 5.74) is 1.78. The molecule has 1 N–H and O–H groups in total. The molecule has 158 valence electrons. The molecule has 1 aromatic heterocycles. The van der Waals surface area contributed by atoms with Crippen LogP contribution in [0.3, 0.4) is 0 Å². The standard InChI is InChI=1S/C25H25N3O3/c29-24(27-23(19-9-3-1-4-10-19)22-13-7-8-16-26-22)20-14-17-28(18-15-20)25(30)31-21-11-5-2-6-12-21/h1-13,16,20,23H,14-15,17-18H2,(H,27,29). The van der Waals surface area contributed by atoms with Crippen molar-refractivity contribution >= 4 is 12.0 Å². The summed E-state index contributed by atoms with van der Waals surface area (Å²) in [7, 11) is 0. The topological polar surface area (TPSA) is 71.5 Å². The van der Waals surface area contributed by atoms with Gasteiger partial charge in [-0.05, 0) is 42.7 Å². The number of aromatic nitrogens is 1. The molecule has 1 aliphatic rings. The first-order valence-corrected chi connectivity index (χ1v) is 10.5. The van der Waals surface area contributed by atoms with Crippen LogP contribution in [0.25, 0.3) is 0 Å². The second-order valence-electron chi connectivity index (χ2n) is 7.55. The average Bonchev–Trinajstić information content (AvgIpc) is 2.84. The summed E-state index contributed by atoms with van der Waals surface area (Å²) in [6, 6.07) is 24.2. The molecule has 1 unspecified atom stereocenters. The highest BCUT2D eigenvalue weighted by Crippen LogP contribution is 2.24. The number of pyridine rings is 1. The fourth-order valence-electron chi connectivity index (χ4n) is 3.76. The van der Waals surface area contributed by atoms with Crippen LogP contribution in [0.2, 0.25) is 0 Å². The second-order valence-corrected chi connectivity index (χ2v) is 7.55. The number of amides is 2. The predicted octanol–water partition coefficient (Wildman–Crippen LogP) is 4.20. The fraction of sp³-hybridized carbons (Fsp3) is 0.240. The summed E-state index contributed by atoms with van der Waals surface area (Å²) < 4.78 is 5.41. The zero-order valence-electron chi connectivity index (χ0n) is 17.2. The number of carbonyl (C=O) groups is 2. The van der Waals surface area contributed by atoms with Crippen molar-refractivity contribution in [3.05, 3.63) is 96.3 Å². The molecule has 2 amide bonds. The SMILES string of the molecule is O=C(NC(c1ccccc1)c1ccccn1)C1CCN(C(=O)Oc2ccccc2)CC1. The van der Waals surface area contributed by atoms with Gasteiger partial charge < -0.3 is 15.0 Å². The Morgan fingerprint density at radius 2 is 1.55 bits per heavy atom. The van der Waals surface area contributed by atoms with Gasteiger partial charge in [0.25, 0.3) is 0 Å².